The summed E-state index contributed by atoms with van der Waals surface area (Å²) in [6.07, 6.45) is 0.671. The summed E-state index contributed by atoms with van der Waals surface area (Å²) < 4.78 is 18.4. The molecule has 3 aromatic carbocycles. The fourth-order valence-corrected chi connectivity index (χ4v) is 4.65. The summed E-state index contributed by atoms with van der Waals surface area (Å²) in [5.74, 6) is 3.55. The maximum atomic E-state index is 5.54. The standard InChI is InChI=1S/C27H25N5O3S/c1-18-8-7-11-20(14-18)32-24(15-19-9-5-4-6-10-19)29-30-27(32)36-17-25-28-26(31-35-25)22-13-12-21(33-2)16-23(22)34-3/h4-14,16H,15,17H2,1-3H3. The Bertz CT molecular complexity index is 1470. The number of benzene rings is 3. The number of nitrogens with zero attached hydrogens (tertiary/aromatic N) is 5. The molecule has 2 aromatic heterocycles. The van der Waals surface area contributed by atoms with E-state index in [1.54, 1.807) is 20.3 Å². The molecule has 0 amide bonds. The van der Waals surface area contributed by atoms with Crippen LogP contribution in [0.25, 0.3) is 17.1 Å². The first-order valence-corrected chi connectivity index (χ1v) is 12.4. The van der Waals surface area contributed by atoms with Gasteiger partial charge in [-0.1, -0.05) is 59.4 Å². The molecule has 0 radical (unpaired) electrons. The van der Waals surface area contributed by atoms with Gasteiger partial charge in [-0.3, -0.25) is 4.57 Å². The average Bonchev–Trinajstić information content (AvgIpc) is 3.54. The molecule has 0 bridgehead atoms. The zero-order chi connectivity index (χ0) is 24.9. The quantitative estimate of drug-likeness (QED) is 0.245. The molecule has 36 heavy (non-hydrogen) atoms. The van der Waals surface area contributed by atoms with Crippen LogP contribution in [0.4, 0.5) is 0 Å². The van der Waals surface area contributed by atoms with Crippen LogP contribution in [0.15, 0.2) is 82.5 Å². The topological polar surface area (TPSA) is 88.1 Å². The van der Waals surface area contributed by atoms with Gasteiger partial charge in [0.2, 0.25) is 11.7 Å². The molecule has 0 saturated heterocycles. The van der Waals surface area contributed by atoms with Crippen LogP contribution >= 0.6 is 11.8 Å². The van der Waals surface area contributed by atoms with Crippen LogP contribution in [0.2, 0.25) is 0 Å². The van der Waals surface area contributed by atoms with E-state index in [2.05, 4.69) is 62.2 Å². The van der Waals surface area contributed by atoms with E-state index in [9.17, 15) is 0 Å². The summed E-state index contributed by atoms with van der Waals surface area (Å²) >= 11 is 1.50. The number of aromatic nitrogens is 5. The molecule has 8 nitrogen and oxygen atoms in total. The highest BCUT2D eigenvalue weighted by Crippen LogP contribution is 2.32. The van der Waals surface area contributed by atoms with Crippen molar-refractivity contribution in [1.29, 1.82) is 0 Å². The van der Waals surface area contributed by atoms with Crippen molar-refractivity contribution in [2.45, 2.75) is 24.3 Å². The van der Waals surface area contributed by atoms with Gasteiger partial charge in [0.05, 0.1) is 25.5 Å². The SMILES string of the molecule is COc1ccc(-c2noc(CSc3nnc(Cc4ccccc4)n3-c3cccc(C)c3)n2)c(OC)c1. The van der Waals surface area contributed by atoms with Crippen LogP contribution in [0.5, 0.6) is 11.5 Å². The van der Waals surface area contributed by atoms with E-state index < -0.39 is 0 Å². The van der Waals surface area contributed by atoms with Gasteiger partial charge in [-0.2, -0.15) is 4.98 Å². The molecular formula is C27H25N5O3S. The molecule has 0 N–H and O–H groups in total. The van der Waals surface area contributed by atoms with Crippen molar-refractivity contribution in [2.24, 2.45) is 0 Å². The second kappa shape index (κ2) is 10.7. The molecule has 0 aliphatic rings. The van der Waals surface area contributed by atoms with E-state index in [0.29, 0.717) is 35.4 Å². The lowest BCUT2D eigenvalue weighted by molar-refractivity contribution is 0.388. The number of hydrogen-bond acceptors (Lipinski definition) is 8. The van der Waals surface area contributed by atoms with Crippen molar-refractivity contribution in [1.82, 2.24) is 24.9 Å². The number of ether oxygens (including phenoxy) is 2. The lowest BCUT2D eigenvalue weighted by Gasteiger charge is -2.10. The maximum Gasteiger partial charge on any atom is 0.237 e. The minimum atomic E-state index is 0.445. The second-order valence-electron chi connectivity index (χ2n) is 8.10. The minimum absolute atomic E-state index is 0.445. The summed E-state index contributed by atoms with van der Waals surface area (Å²) in [4.78, 5) is 4.57. The molecule has 9 heteroatoms. The Morgan fingerprint density at radius 2 is 1.78 bits per heavy atom. The molecule has 0 unspecified atom stereocenters. The molecule has 0 fully saturated rings. The van der Waals surface area contributed by atoms with E-state index in [1.165, 1.54) is 17.3 Å². The first-order chi connectivity index (χ1) is 17.6. The van der Waals surface area contributed by atoms with Crippen LogP contribution in [0, 0.1) is 6.92 Å². The Morgan fingerprint density at radius 1 is 0.917 bits per heavy atom. The van der Waals surface area contributed by atoms with Gasteiger partial charge in [0, 0.05) is 18.2 Å². The smallest absolute Gasteiger partial charge is 0.237 e. The van der Waals surface area contributed by atoms with Crippen molar-refractivity contribution < 1.29 is 14.0 Å². The van der Waals surface area contributed by atoms with Crippen LogP contribution in [-0.4, -0.2) is 39.1 Å². The van der Waals surface area contributed by atoms with Crippen LogP contribution in [0.3, 0.4) is 0 Å². The molecule has 0 aliphatic carbocycles. The lowest BCUT2D eigenvalue weighted by atomic mass is 10.1. The van der Waals surface area contributed by atoms with E-state index in [4.69, 9.17) is 14.0 Å². The summed E-state index contributed by atoms with van der Waals surface area (Å²) in [7, 11) is 3.21. The predicted octanol–water partition coefficient (Wildman–Crippen LogP) is 5.53. The molecule has 5 rings (SSSR count). The summed E-state index contributed by atoms with van der Waals surface area (Å²) in [6, 6.07) is 24.0. The monoisotopic (exact) mass is 499 g/mol. The molecule has 182 valence electrons. The zero-order valence-electron chi connectivity index (χ0n) is 20.2. The third-order valence-corrected chi connectivity index (χ3v) is 6.52. The summed E-state index contributed by atoms with van der Waals surface area (Å²) in [6.45, 7) is 2.07. The summed E-state index contributed by atoms with van der Waals surface area (Å²) in [5.41, 5.74) is 4.08. The third-order valence-electron chi connectivity index (χ3n) is 5.61. The van der Waals surface area contributed by atoms with Crippen LogP contribution < -0.4 is 9.47 Å². The van der Waals surface area contributed by atoms with Gasteiger partial charge in [-0.25, -0.2) is 0 Å². The van der Waals surface area contributed by atoms with Crippen molar-refractivity contribution in [3.8, 4) is 28.6 Å². The van der Waals surface area contributed by atoms with Crippen molar-refractivity contribution in [2.75, 3.05) is 14.2 Å². The zero-order valence-corrected chi connectivity index (χ0v) is 21.0. The van der Waals surface area contributed by atoms with Crippen molar-refractivity contribution >= 4 is 11.8 Å². The van der Waals surface area contributed by atoms with Gasteiger partial charge in [0.25, 0.3) is 0 Å². The molecule has 0 aliphatic heterocycles. The van der Waals surface area contributed by atoms with Gasteiger partial charge < -0.3 is 14.0 Å². The highest BCUT2D eigenvalue weighted by Gasteiger charge is 2.18. The van der Waals surface area contributed by atoms with Gasteiger partial charge in [0.1, 0.15) is 17.3 Å². The average molecular weight is 500 g/mol. The Labute approximate surface area is 213 Å². The minimum Gasteiger partial charge on any atom is -0.497 e. The highest BCUT2D eigenvalue weighted by molar-refractivity contribution is 7.98. The molecular weight excluding hydrogens is 474 g/mol. The molecule has 2 heterocycles. The number of rotatable bonds is 9. The van der Waals surface area contributed by atoms with E-state index in [0.717, 1.165) is 27.8 Å². The first-order valence-electron chi connectivity index (χ1n) is 11.4. The molecule has 0 spiro atoms. The van der Waals surface area contributed by atoms with Gasteiger partial charge >= 0.3 is 0 Å². The normalized spacial score (nSPS) is 11.0. The first kappa shape index (κ1) is 23.6. The Hall–Kier alpha value is -4.11. The van der Waals surface area contributed by atoms with Gasteiger partial charge in [-0.05, 0) is 42.3 Å². The lowest BCUT2D eigenvalue weighted by Crippen LogP contribution is -2.04. The van der Waals surface area contributed by atoms with Crippen LogP contribution in [0.1, 0.15) is 22.8 Å². The molecule has 0 saturated carbocycles. The van der Waals surface area contributed by atoms with E-state index in [-0.39, 0.29) is 0 Å². The van der Waals surface area contributed by atoms with E-state index in [1.807, 2.05) is 36.4 Å². The maximum absolute atomic E-state index is 5.54. The van der Waals surface area contributed by atoms with E-state index >= 15 is 0 Å². The fourth-order valence-electron chi connectivity index (χ4n) is 3.85. The number of aryl methyl sites for hydroxylation is 1. The fraction of sp³-hybridized carbons (Fsp3) is 0.185. The van der Waals surface area contributed by atoms with Crippen LogP contribution in [-0.2, 0) is 12.2 Å². The number of hydrogen-bond donors (Lipinski definition) is 0. The van der Waals surface area contributed by atoms with Crippen molar-refractivity contribution in [3.05, 3.63) is 95.6 Å². The second-order valence-corrected chi connectivity index (χ2v) is 9.04. The Morgan fingerprint density at radius 3 is 2.56 bits per heavy atom. The van der Waals surface area contributed by atoms with Gasteiger partial charge in [-0.15, -0.1) is 10.2 Å². The Balaban J connectivity index is 1.40. The number of thioether (sulfide) groups is 1. The highest BCUT2D eigenvalue weighted by atomic mass is 32.2. The molecule has 5 aromatic rings. The summed E-state index contributed by atoms with van der Waals surface area (Å²) in [5, 5.41) is 13.9. The predicted molar refractivity (Wildman–Crippen MR) is 138 cm³/mol. The third kappa shape index (κ3) is 5.11. The van der Waals surface area contributed by atoms with Crippen molar-refractivity contribution in [3.63, 3.8) is 0 Å². The number of methoxy groups -OCH3 is 2. The Kier molecular flexibility index (Phi) is 6.99. The largest absolute Gasteiger partial charge is 0.497 e. The van der Waals surface area contributed by atoms with Gasteiger partial charge in [0.15, 0.2) is 5.16 Å². The molecule has 0 atom stereocenters.